The van der Waals surface area contributed by atoms with E-state index in [1.54, 1.807) is 13.2 Å². The normalized spacial score (nSPS) is 19.3. The summed E-state index contributed by atoms with van der Waals surface area (Å²) in [7, 11) is 0. The van der Waals surface area contributed by atoms with Crippen LogP contribution in [0.3, 0.4) is 0 Å². The van der Waals surface area contributed by atoms with E-state index < -0.39 is 12.1 Å². The highest BCUT2D eigenvalue weighted by molar-refractivity contribution is 5.91. The average molecular weight is 399 g/mol. The molecule has 2 atom stereocenters. The molecule has 0 bridgehead atoms. The average Bonchev–Trinajstić information content (AvgIpc) is 3.27. The van der Waals surface area contributed by atoms with Gasteiger partial charge in [0.2, 0.25) is 0 Å². The minimum Gasteiger partial charge on any atom is -0.508 e. The molecule has 1 aliphatic rings. The van der Waals surface area contributed by atoms with Gasteiger partial charge in [-0.15, -0.1) is 0 Å². The van der Waals surface area contributed by atoms with Crippen molar-refractivity contribution in [3.8, 4) is 0 Å². The smallest absolute Gasteiger partial charge is 0.338 e. The number of furan rings is 1. The first kappa shape index (κ1) is 22.8. The molecule has 4 heteroatoms. The minimum absolute atomic E-state index is 0.0761. The zero-order chi connectivity index (χ0) is 21.2. The van der Waals surface area contributed by atoms with E-state index in [1.807, 2.05) is 19.3 Å². The van der Waals surface area contributed by atoms with Crippen LogP contribution in [0, 0.1) is 5.92 Å². The van der Waals surface area contributed by atoms with Gasteiger partial charge >= 0.3 is 5.97 Å². The lowest BCUT2D eigenvalue weighted by Gasteiger charge is -2.11. The molecule has 0 radical (unpaired) electrons. The first-order valence-corrected chi connectivity index (χ1v) is 10.5. The molecule has 1 aromatic heterocycles. The molecule has 0 saturated heterocycles. The number of allylic oxidation sites excluding steroid dienone is 5. The molecule has 0 amide bonds. The Labute approximate surface area is 174 Å². The highest BCUT2D eigenvalue weighted by atomic mass is 16.6. The summed E-state index contributed by atoms with van der Waals surface area (Å²) in [5, 5.41) is 9.92. The van der Waals surface area contributed by atoms with Crippen molar-refractivity contribution in [2.75, 3.05) is 0 Å². The number of hydrogen-bond donors (Lipinski definition) is 1. The molecule has 0 aromatic carbocycles. The molecule has 0 spiro atoms. The van der Waals surface area contributed by atoms with Crippen LogP contribution in [0.5, 0.6) is 0 Å². The number of cyclic esters (lactones) is 1. The van der Waals surface area contributed by atoms with E-state index >= 15 is 0 Å². The SMILES string of the molecule is CC(=CCCc1ccoc1)CC=CC(C)CCC=C(C)CC1OC(=O)C(C)=C1O. The fourth-order valence-corrected chi connectivity index (χ4v) is 3.31. The molecule has 2 rings (SSSR count). The summed E-state index contributed by atoms with van der Waals surface area (Å²) in [4.78, 5) is 11.5. The Balaban J connectivity index is 1.64. The molecule has 1 aliphatic heterocycles. The number of aliphatic hydroxyl groups excluding tert-OH is 1. The highest BCUT2D eigenvalue weighted by Gasteiger charge is 2.31. The van der Waals surface area contributed by atoms with Gasteiger partial charge in [-0.25, -0.2) is 4.79 Å². The van der Waals surface area contributed by atoms with Crippen LogP contribution in [-0.2, 0) is 16.0 Å². The van der Waals surface area contributed by atoms with Gasteiger partial charge < -0.3 is 14.3 Å². The third kappa shape index (κ3) is 7.80. The van der Waals surface area contributed by atoms with Crippen LogP contribution < -0.4 is 0 Å². The van der Waals surface area contributed by atoms with Crippen molar-refractivity contribution in [2.45, 2.75) is 72.3 Å². The largest absolute Gasteiger partial charge is 0.508 e. The van der Waals surface area contributed by atoms with E-state index in [-0.39, 0.29) is 5.76 Å². The second-order valence-corrected chi connectivity index (χ2v) is 8.07. The van der Waals surface area contributed by atoms with E-state index in [2.05, 4.69) is 38.2 Å². The maximum atomic E-state index is 11.5. The van der Waals surface area contributed by atoms with Crippen molar-refractivity contribution < 1.29 is 19.1 Å². The van der Waals surface area contributed by atoms with Crippen molar-refractivity contribution in [1.82, 2.24) is 0 Å². The topological polar surface area (TPSA) is 59.7 Å². The summed E-state index contributed by atoms with van der Waals surface area (Å²) in [6.07, 6.45) is 17.7. The quantitative estimate of drug-likeness (QED) is 0.336. The van der Waals surface area contributed by atoms with E-state index in [0.29, 0.717) is 17.9 Å². The summed E-state index contributed by atoms with van der Waals surface area (Å²) in [6.45, 7) is 8.03. The van der Waals surface area contributed by atoms with Gasteiger partial charge in [0.1, 0.15) is 5.76 Å². The van der Waals surface area contributed by atoms with E-state index in [1.165, 1.54) is 11.1 Å². The van der Waals surface area contributed by atoms with Crippen LogP contribution in [0.1, 0.15) is 65.4 Å². The third-order valence-electron chi connectivity index (χ3n) is 5.28. The van der Waals surface area contributed by atoms with Crippen LogP contribution in [0.2, 0.25) is 0 Å². The summed E-state index contributed by atoms with van der Waals surface area (Å²) in [5.41, 5.74) is 4.10. The van der Waals surface area contributed by atoms with Crippen molar-refractivity contribution in [3.05, 3.63) is 70.9 Å². The lowest BCUT2D eigenvalue weighted by atomic mass is 10.0. The minimum atomic E-state index is -0.515. The Kier molecular flexibility index (Phi) is 9.04. The van der Waals surface area contributed by atoms with Crippen LogP contribution in [-0.4, -0.2) is 17.2 Å². The zero-order valence-electron chi connectivity index (χ0n) is 18.1. The molecule has 2 unspecified atom stereocenters. The van der Waals surface area contributed by atoms with Gasteiger partial charge in [0.05, 0.1) is 18.1 Å². The number of ether oxygens (including phenoxy) is 1. The van der Waals surface area contributed by atoms with Gasteiger partial charge in [-0.1, -0.05) is 42.4 Å². The first-order chi connectivity index (χ1) is 13.9. The number of hydrogen-bond acceptors (Lipinski definition) is 4. The molecule has 4 nitrogen and oxygen atoms in total. The Hall–Kier alpha value is -2.49. The molecule has 1 aromatic rings. The first-order valence-electron chi connectivity index (χ1n) is 10.5. The third-order valence-corrected chi connectivity index (χ3v) is 5.28. The number of aliphatic hydroxyl groups is 1. The molecule has 158 valence electrons. The van der Waals surface area contributed by atoms with Crippen molar-refractivity contribution in [3.63, 3.8) is 0 Å². The van der Waals surface area contributed by atoms with E-state index in [0.717, 1.165) is 37.7 Å². The molecule has 2 heterocycles. The second kappa shape index (κ2) is 11.5. The van der Waals surface area contributed by atoms with E-state index in [4.69, 9.17) is 9.15 Å². The predicted octanol–water partition coefficient (Wildman–Crippen LogP) is 6.61. The number of carbonyl (C=O) groups is 1. The number of rotatable bonds is 11. The van der Waals surface area contributed by atoms with Gasteiger partial charge in [-0.2, -0.15) is 0 Å². The second-order valence-electron chi connectivity index (χ2n) is 8.07. The summed E-state index contributed by atoms with van der Waals surface area (Å²) in [5.74, 6) is 0.176. The molecular weight excluding hydrogens is 364 g/mol. The number of aryl methyl sites for hydroxylation is 1. The van der Waals surface area contributed by atoms with Gasteiger partial charge in [0, 0.05) is 6.42 Å². The Morgan fingerprint density at radius 1 is 1.24 bits per heavy atom. The van der Waals surface area contributed by atoms with Gasteiger partial charge in [-0.3, -0.25) is 0 Å². The zero-order valence-corrected chi connectivity index (χ0v) is 18.1. The Bertz CT molecular complexity index is 778. The molecule has 1 N–H and O–H groups in total. The van der Waals surface area contributed by atoms with E-state index in [9.17, 15) is 9.90 Å². The molecular formula is C25H34O4. The molecule has 29 heavy (non-hydrogen) atoms. The lowest BCUT2D eigenvalue weighted by Crippen LogP contribution is -2.12. The van der Waals surface area contributed by atoms with Crippen molar-refractivity contribution in [1.29, 1.82) is 0 Å². The monoisotopic (exact) mass is 398 g/mol. The van der Waals surface area contributed by atoms with Gasteiger partial charge in [0.15, 0.2) is 6.10 Å². The Morgan fingerprint density at radius 2 is 2.00 bits per heavy atom. The van der Waals surface area contributed by atoms with Crippen molar-refractivity contribution >= 4 is 5.97 Å². The maximum absolute atomic E-state index is 11.5. The standard InChI is InChI=1S/C25H34O4/c1-18(8-5-9-19(2)11-7-13-22-14-15-28-17-22)10-6-12-20(3)16-23-24(26)21(4)25(27)29-23/h5,8,11-12,14-15,17-18,23,26H,6-7,9-10,13,16H2,1-4H3. The number of carbonyl (C=O) groups excluding carboxylic acids is 1. The van der Waals surface area contributed by atoms with Crippen LogP contribution in [0.15, 0.2) is 69.8 Å². The summed E-state index contributed by atoms with van der Waals surface area (Å²) >= 11 is 0. The fourth-order valence-electron chi connectivity index (χ4n) is 3.31. The molecule has 0 aliphatic carbocycles. The van der Waals surface area contributed by atoms with Crippen LogP contribution in [0.4, 0.5) is 0 Å². The van der Waals surface area contributed by atoms with Crippen LogP contribution >= 0.6 is 0 Å². The Morgan fingerprint density at radius 3 is 2.66 bits per heavy atom. The number of esters is 1. The maximum Gasteiger partial charge on any atom is 0.338 e. The predicted molar refractivity (Wildman–Crippen MR) is 117 cm³/mol. The lowest BCUT2D eigenvalue weighted by molar-refractivity contribution is -0.140. The molecule has 0 fully saturated rings. The van der Waals surface area contributed by atoms with Crippen LogP contribution in [0.25, 0.3) is 0 Å². The highest BCUT2D eigenvalue weighted by Crippen LogP contribution is 2.25. The fraction of sp³-hybridized carbons (Fsp3) is 0.480. The van der Waals surface area contributed by atoms with Crippen molar-refractivity contribution in [2.24, 2.45) is 5.92 Å². The van der Waals surface area contributed by atoms with Gasteiger partial charge in [-0.05, 0) is 70.4 Å². The molecule has 0 saturated carbocycles. The summed E-state index contributed by atoms with van der Waals surface area (Å²) < 4.78 is 10.3. The summed E-state index contributed by atoms with van der Waals surface area (Å²) in [6, 6.07) is 2.02. The van der Waals surface area contributed by atoms with Gasteiger partial charge in [0.25, 0.3) is 0 Å².